The SMILES string of the molecule is COC(=O)c1ccncc1Cc1cnn([C@@H]2CCCN(C3CCC3)CC2)c1C. The zero-order chi connectivity index (χ0) is 19.5. The van der Waals surface area contributed by atoms with Gasteiger partial charge in [-0.25, -0.2) is 4.79 Å². The van der Waals surface area contributed by atoms with E-state index in [0.717, 1.165) is 17.2 Å². The first-order valence-electron chi connectivity index (χ1n) is 10.5. The van der Waals surface area contributed by atoms with Gasteiger partial charge in [-0.3, -0.25) is 9.67 Å². The Balaban J connectivity index is 1.48. The molecule has 2 aromatic heterocycles. The molecule has 0 unspecified atom stereocenters. The van der Waals surface area contributed by atoms with E-state index in [9.17, 15) is 4.79 Å². The molecule has 1 saturated heterocycles. The smallest absolute Gasteiger partial charge is 0.338 e. The quantitative estimate of drug-likeness (QED) is 0.740. The summed E-state index contributed by atoms with van der Waals surface area (Å²) in [6.45, 7) is 4.55. The second kappa shape index (κ2) is 8.43. The van der Waals surface area contributed by atoms with Crippen molar-refractivity contribution in [2.45, 2.75) is 64.0 Å². The van der Waals surface area contributed by atoms with E-state index in [1.165, 1.54) is 64.4 Å². The van der Waals surface area contributed by atoms with E-state index in [1.54, 1.807) is 18.5 Å². The first-order valence-corrected chi connectivity index (χ1v) is 10.5. The second-order valence-corrected chi connectivity index (χ2v) is 8.11. The van der Waals surface area contributed by atoms with Crippen LogP contribution in [0.4, 0.5) is 0 Å². The van der Waals surface area contributed by atoms with Crippen molar-refractivity contribution in [3.63, 3.8) is 0 Å². The Hall–Kier alpha value is -2.21. The molecule has 0 bridgehead atoms. The Morgan fingerprint density at radius 3 is 2.68 bits per heavy atom. The fraction of sp³-hybridized carbons (Fsp3) is 0.591. The van der Waals surface area contributed by atoms with Crippen LogP contribution in [0.15, 0.2) is 24.7 Å². The standard InChI is InChI=1S/C22H30N4O2/c1-16-17(13-18-14-23-10-8-21(18)22(27)28-2)15-24-26(16)20-7-4-11-25(12-9-20)19-5-3-6-19/h8,10,14-15,19-20H,3-7,9,11-13H2,1-2H3/t20-/m1/s1. The fourth-order valence-corrected chi connectivity index (χ4v) is 4.55. The Bertz CT molecular complexity index is 828. The molecule has 2 fully saturated rings. The molecule has 28 heavy (non-hydrogen) atoms. The van der Waals surface area contributed by atoms with Crippen molar-refractivity contribution >= 4 is 5.97 Å². The summed E-state index contributed by atoms with van der Waals surface area (Å²) in [6.07, 6.45) is 13.7. The molecule has 3 heterocycles. The maximum Gasteiger partial charge on any atom is 0.338 e. The van der Waals surface area contributed by atoms with Crippen LogP contribution in [0.2, 0.25) is 0 Å². The molecule has 2 aliphatic rings. The van der Waals surface area contributed by atoms with Crippen LogP contribution in [-0.4, -0.2) is 51.9 Å². The maximum absolute atomic E-state index is 12.0. The van der Waals surface area contributed by atoms with Crippen LogP contribution in [0.3, 0.4) is 0 Å². The molecule has 0 aromatic carbocycles. The lowest BCUT2D eigenvalue weighted by Crippen LogP contribution is -2.40. The molecule has 150 valence electrons. The van der Waals surface area contributed by atoms with Crippen LogP contribution >= 0.6 is 0 Å². The lowest BCUT2D eigenvalue weighted by molar-refractivity contribution is 0.0599. The van der Waals surface area contributed by atoms with Gasteiger partial charge in [0, 0.05) is 37.1 Å². The first-order chi connectivity index (χ1) is 13.7. The Morgan fingerprint density at radius 1 is 1.11 bits per heavy atom. The summed E-state index contributed by atoms with van der Waals surface area (Å²) in [5.74, 6) is -0.317. The van der Waals surface area contributed by atoms with Crippen LogP contribution in [0, 0.1) is 6.92 Å². The molecular formula is C22H30N4O2. The zero-order valence-electron chi connectivity index (χ0n) is 16.9. The largest absolute Gasteiger partial charge is 0.465 e. The molecule has 6 heteroatoms. The van der Waals surface area contributed by atoms with E-state index >= 15 is 0 Å². The van der Waals surface area contributed by atoms with E-state index in [4.69, 9.17) is 9.84 Å². The van der Waals surface area contributed by atoms with Gasteiger partial charge in [0.2, 0.25) is 0 Å². The van der Waals surface area contributed by atoms with Crippen LogP contribution in [0.1, 0.15) is 71.7 Å². The number of ether oxygens (including phenoxy) is 1. The number of carbonyl (C=O) groups excluding carboxylic acids is 1. The van der Waals surface area contributed by atoms with Gasteiger partial charge in [-0.05, 0) is 62.8 Å². The van der Waals surface area contributed by atoms with Crippen molar-refractivity contribution in [3.8, 4) is 0 Å². The average molecular weight is 383 g/mol. The number of methoxy groups -OCH3 is 1. The molecule has 1 aliphatic heterocycles. The summed E-state index contributed by atoms with van der Waals surface area (Å²) in [4.78, 5) is 18.9. The molecule has 0 spiro atoms. The summed E-state index contributed by atoms with van der Waals surface area (Å²) in [5.41, 5.74) is 3.81. The third-order valence-electron chi connectivity index (χ3n) is 6.51. The summed E-state index contributed by atoms with van der Waals surface area (Å²) in [6, 6.07) is 3.02. The van der Waals surface area contributed by atoms with Gasteiger partial charge < -0.3 is 9.64 Å². The van der Waals surface area contributed by atoms with E-state index in [0.29, 0.717) is 18.0 Å². The highest BCUT2D eigenvalue weighted by Crippen LogP contribution is 2.31. The molecule has 2 aromatic rings. The van der Waals surface area contributed by atoms with E-state index in [2.05, 4.69) is 21.5 Å². The molecule has 0 radical (unpaired) electrons. The van der Waals surface area contributed by atoms with Gasteiger partial charge in [-0.1, -0.05) is 6.42 Å². The number of rotatable bonds is 5. The minimum absolute atomic E-state index is 0.317. The van der Waals surface area contributed by atoms with Crippen LogP contribution in [0.25, 0.3) is 0 Å². The molecule has 6 nitrogen and oxygen atoms in total. The average Bonchev–Trinajstić information content (AvgIpc) is 2.88. The highest BCUT2D eigenvalue weighted by atomic mass is 16.5. The highest BCUT2D eigenvalue weighted by Gasteiger charge is 2.28. The fourth-order valence-electron chi connectivity index (χ4n) is 4.55. The second-order valence-electron chi connectivity index (χ2n) is 8.11. The zero-order valence-corrected chi connectivity index (χ0v) is 16.9. The van der Waals surface area contributed by atoms with Crippen molar-refractivity contribution in [2.75, 3.05) is 20.2 Å². The summed E-state index contributed by atoms with van der Waals surface area (Å²) in [5, 5.41) is 4.74. The summed E-state index contributed by atoms with van der Waals surface area (Å²) < 4.78 is 7.13. The van der Waals surface area contributed by atoms with Gasteiger partial charge in [-0.15, -0.1) is 0 Å². The molecule has 4 rings (SSSR count). The number of nitrogens with zero attached hydrogens (tertiary/aromatic N) is 4. The molecular weight excluding hydrogens is 352 g/mol. The van der Waals surface area contributed by atoms with Gasteiger partial charge in [0.25, 0.3) is 0 Å². The Morgan fingerprint density at radius 2 is 1.93 bits per heavy atom. The number of pyridine rings is 1. The first kappa shape index (κ1) is 19.1. The minimum Gasteiger partial charge on any atom is -0.465 e. The summed E-state index contributed by atoms with van der Waals surface area (Å²) >= 11 is 0. The lowest BCUT2D eigenvalue weighted by Gasteiger charge is -2.36. The van der Waals surface area contributed by atoms with E-state index in [-0.39, 0.29) is 5.97 Å². The van der Waals surface area contributed by atoms with Gasteiger partial charge in [0.05, 0.1) is 24.9 Å². The number of likely N-dealkylation sites (tertiary alicyclic amines) is 1. The molecule has 1 aliphatic carbocycles. The van der Waals surface area contributed by atoms with Gasteiger partial charge in [-0.2, -0.15) is 5.10 Å². The van der Waals surface area contributed by atoms with Crippen molar-refractivity contribution in [1.29, 1.82) is 0 Å². The third kappa shape index (κ3) is 3.83. The van der Waals surface area contributed by atoms with Gasteiger partial charge >= 0.3 is 5.97 Å². The predicted octanol–water partition coefficient (Wildman–Crippen LogP) is 3.54. The van der Waals surface area contributed by atoms with Crippen LogP contribution in [0.5, 0.6) is 0 Å². The number of carbonyl (C=O) groups is 1. The van der Waals surface area contributed by atoms with Crippen molar-refractivity contribution < 1.29 is 9.53 Å². The third-order valence-corrected chi connectivity index (χ3v) is 6.51. The van der Waals surface area contributed by atoms with E-state index < -0.39 is 0 Å². The predicted molar refractivity (Wildman–Crippen MR) is 107 cm³/mol. The Labute approximate surface area is 166 Å². The van der Waals surface area contributed by atoms with Crippen LogP contribution in [-0.2, 0) is 11.2 Å². The normalized spacial score (nSPS) is 21.1. The minimum atomic E-state index is -0.317. The molecule has 0 N–H and O–H groups in total. The number of hydrogen-bond donors (Lipinski definition) is 0. The maximum atomic E-state index is 12.0. The van der Waals surface area contributed by atoms with E-state index in [1.807, 2.05) is 6.20 Å². The molecule has 1 saturated carbocycles. The van der Waals surface area contributed by atoms with Gasteiger partial charge in [0.15, 0.2) is 0 Å². The number of aromatic nitrogens is 3. The topological polar surface area (TPSA) is 60.2 Å². The monoisotopic (exact) mass is 382 g/mol. The number of esters is 1. The van der Waals surface area contributed by atoms with Gasteiger partial charge in [0.1, 0.15) is 0 Å². The van der Waals surface area contributed by atoms with Crippen LogP contribution < -0.4 is 0 Å². The van der Waals surface area contributed by atoms with Crippen molar-refractivity contribution in [2.24, 2.45) is 0 Å². The molecule has 0 amide bonds. The van der Waals surface area contributed by atoms with Crippen molar-refractivity contribution in [3.05, 3.63) is 47.0 Å². The molecule has 1 atom stereocenters. The highest BCUT2D eigenvalue weighted by molar-refractivity contribution is 5.90. The Kier molecular flexibility index (Phi) is 5.76. The summed E-state index contributed by atoms with van der Waals surface area (Å²) in [7, 11) is 1.41. The van der Waals surface area contributed by atoms with Crippen molar-refractivity contribution in [1.82, 2.24) is 19.7 Å². The number of hydrogen-bond acceptors (Lipinski definition) is 5. The lowest BCUT2D eigenvalue weighted by atomic mass is 9.91.